The zero-order valence-corrected chi connectivity index (χ0v) is 12.8. The third kappa shape index (κ3) is 2.62. The van der Waals surface area contributed by atoms with Crippen LogP contribution >= 0.6 is 23.2 Å². The van der Waals surface area contributed by atoms with E-state index in [9.17, 15) is 0 Å². The first-order valence-electron chi connectivity index (χ1n) is 6.42. The molecule has 0 spiro atoms. The van der Waals surface area contributed by atoms with Gasteiger partial charge < -0.3 is 11.1 Å². The Morgan fingerprint density at radius 3 is 2.67 bits per heavy atom. The second-order valence-corrected chi connectivity index (χ2v) is 5.59. The molecule has 106 valence electrons. The fraction of sp³-hybridized carbons (Fsp3) is 0.0625. The Balaban J connectivity index is 2.15. The quantitative estimate of drug-likeness (QED) is 0.640. The zero-order chi connectivity index (χ0) is 15.0. The molecule has 1 heterocycles. The molecule has 21 heavy (non-hydrogen) atoms. The van der Waals surface area contributed by atoms with Crippen molar-refractivity contribution < 1.29 is 0 Å². The molecule has 0 radical (unpaired) electrons. The van der Waals surface area contributed by atoms with Gasteiger partial charge in [-0.25, -0.2) is 0 Å². The summed E-state index contributed by atoms with van der Waals surface area (Å²) in [6.07, 6.45) is 1.78. The third-order valence-electron chi connectivity index (χ3n) is 3.29. The second-order valence-electron chi connectivity index (χ2n) is 4.80. The van der Waals surface area contributed by atoms with Gasteiger partial charge in [0.25, 0.3) is 0 Å². The van der Waals surface area contributed by atoms with E-state index in [1.54, 1.807) is 12.3 Å². The number of benzene rings is 2. The lowest BCUT2D eigenvalue weighted by Crippen LogP contribution is -1.96. The lowest BCUT2D eigenvalue weighted by Gasteiger charge is -2.13. The molecule has 5 heteroatoms. The van der Waals surface area contributed by atoms with Crippen LogP contribution in [0.1, 0.15) is 5.69 Å². The number of nitrogens with two attached hydrogens (primary N) is 1. The fourth-order valence-corrected chi connectivity index (χ4v) is 2.57. The monoisotopic (exact) mass is 317 g/mol. The molecule has 0 atom stereocenters. The maximum absolute atomic E-state index is 6.23. The van der Waals surface area contributed by atoms with Gasteiger partial charge >= 0.3 is 0 Å². The van der Waals surface area contributed by atoms with Crippen LogP contribution in [0.4, 0.5) is 17.1 Å². The van der Waals surface area contributed by atoms with Crippen LogP contribution < -0.4 is 11.1 Å². The summed E-state index contributed by atoms with van der Waals surface area (Å²) >= 11 is 12.3. The minimum absolute atomic E-state index is 0.495. The molecule has 0 aliphatic carbocycles. The van der Waals surface area contributed by atoms with E-state index >= 15 is 0 Å². The number of hydrogen-bond donors (Lipinski definition) is 2. The highest BCUT2D eigenvalue weighted by molar-refractivity contribution is 6.43. The van der Waals surface area contributed by atoms with Gasteiger partial charge in [0.1, 0.15) is 0 Å². The largest absolute Gasteiger partial charge is 0.398 e. The standard InChI is InChI=1S/C16H13Cl2N3/c1-9-7-10-11(8-20-9)13(19)5-6-14(10)21-15-4-2-3-12(17)16(15)18/h2-8,21H,19H2,1H3. The van der Waals surface area contributed by atoms with E-state index in [1.165, 1.54) is 0 Å². The van der Waals surface area contributed by atoms with Crippen molar-refractivity contribution in [1.82, 2.24) is 4.98 Å². The predicted molar refractivity (Wildman–Crippen MR) is 90.6 cm³/mol. The predicted octanol–water partition coefficient (Wildman–Crippen LogP) is 5.18. The SMILES string of the molecule is Cc1cc2c(Nc3cccc(Cl)c3Cl)ccc(N)c2cn1. The van der Waals surface area contributed by atoms with Crippen molar-refractivity contribution in [3.8, 4) is 0 Å². The van der Waals surface area contributed by atoms with Gasteiger partial charge in [-0.15, -0.1) is 0 Å². The number of nitrogens with zero attached hydrogens (tertiary/aromatic N) is 1. The molecule has 0 bridgehead atoms. The molecule has 2 aromatic carbocycles. The lowest BCUT2D eigenvalue weighted by atomic mass is 10.1. The van der Waals surface area contributed by atoms with Gasteiger partial charge in [-0.3, -0.25) is 4.98 Å². The molecular weight excluding hydrogens is 305 g/mol. The highest BCUT2D eigenvalue weighted by Gasteiger charge is 2.09. The summed E-state index contributed by atoms with van der Waals surface area (Å²) in [7, 11) is 0. The smallest absolute Gasteiger partial charge is 0.0827 e. The molecule has 0 unspecified atom stereocenters. The van der Waals surface area contributed by atoms with Gasteiger partial charge in [0.05, 0.1) is 15.7 Å². The number of nitrogens with one attached hydrogen (secondary N) is 1. The number of fused-ring (bicyclic) bond motifs is 1. The van der Waals surface area contributed by atoms with Crippen molar-refractivity contribution >= 4 is 51.0 Å². The van der Waals surface area contributed by atoms with Crippen molar-refractivity contribution in [3.63, 3.8) is 0 Å². The van der Waals surface area contributed by atoms with E-state index in [4.69, 9.17) is 28.9 Å². The van der Waals surface area contributed by atoms with Gasteiger partial charge in [0, 0.05) is 34.0 Å². The number of halogens is 2. The van der Waals surface area contributed by atoms with Crippen molar-refractivity contribution in [1.29, 1.82) is 0 Å². The topological polar surface area (TPSA) is 50.9 Å². The van der Waals surface area contributed by atoms with Crippen LogP contribution in [0.2, 0.25) is 10.0 Å². The highest BCUT2D eigenvalue weighted by atomic mass is 35.5. The van der Waals surface area contributed by atoms with E-state index in [-0.39, 0.29) is 0 Å². The molecule has 0 fully saturated rings. The molecule has 3 rings (SSSR count). The molecule has 0 aliphatic heterocycles. The van der Waals surface area contributed by atoms with E-state index in [0.717, 1.165) is 27.8 Å². The van der Waals surface area contributed by atoms with Crippen LogP contribution in [-0.4, -0.2) is 4.98 Å². The molecular formula is C16H13Cl2N3. The molecule has 3 N–H and O–H groups in total. The summed E-state index contributed by atoms with van der Waals surface area (Å²) in [6, 6.07) is 11.2. The molecule has 0 aliphatic rings. The normalized spacial score (nSPS) is 10.8. The first-order chi connectivity index (χ1) is 10.1. The average Bonchev–Trinajstić information content (AvgIpc) is 2.46. The number of hydrogen-bond acceptors (Lipinski definition) is 3. The van der Waals surface area contributed by atoms with Crippen molar-refractivity contribution in [2.24, 2.45) is 0 Å². The molecule has 0 amide bonds. The van der Waals surface area contributed by atoms with Crippen LogP contribution in [0.5, 0.6) is 0 Å². The van der Waals surface area contributed by atoms with Crippen molar-refractivity contribution in [3.05, 3.63) is 58.3 Å². The van der Waals surface area contributed by atoms with Crippen molar-refractivity contribution in [2.75, 3.05) is 11.1 Å². The van der Waals surface area contributed by atoms with Crippen LogP contribution in [-0.2, 0) is 0 Å². The van der Waals surface area contributed by atoms with E-state index in [2.05, 4.69) is 10.3 Å². The Hall–Kier alpha value is -1.97. The summed E-state index contributed by atoms with van der Waals surface area (Å²) in [5.41, 5.74) is 9.29. The Labute approximate surface area is 132 Å². The molecule has 1 aromatic heterocycles. The van der Waals surface area contributed by atoms with E-state index in [1.807, 2.05) is 37.3 Å². The first-order valence-corrected chi connectivity index (χ1v) is 7.18. The van der Waals surface area contributed by atoms with Gasteiger partial charge in [0.2, 0.25) is 0 Å². The number of anilines is 3. The van der Waals surface area contributed by atoms with Crippen molar-refractivity contribution in [2.45, 2.75) is 6.92 Å². The number of pyridine rings is 1. The van der Waals surface area contributed by atoms with E-state index < -0.39 is 0 Å². The van der Waals surface area contributed by atoms with Crippen LogP contribution in [0, 0.1) is 6.92 Å². The summed E-state index contributed by atoms with van der Waals surface area (Å²) in [5, 5.41) is 6.22. The minimum atomic E-state index is 0.495. The number of aromatic nitrogens is 1. The summed E-state index contributed by atoms with van der Waals surface area (Å²) in [4.78, 5) is 4.29. The molecule has 0 saturated heterocycles. The Bertz CT molecular complexity index is 831. The van der Waals surface area contributed by atoms with Crippen LogP contribution in [0.25, 0.3) is 10.8 Å². The zero-order valence-electron chi connectivity index (χ0n) is 11.3. The lowest BCUT2D eigenvalue weighted by molar-refractivity contribution is 1.22. The number of aryl methyl sites for hydroxylation is 1. The molecule has 0 saturated carbocycles. The van der Waals surface area contributed by atoms with Crippen LogP contribution in [0.15, 0.2) is 42.6 Å². The van der Waals surface area contributed by atoms with E-state index in [0.29, 0.717) is 15.7 Å². The van der Waals surface area contributed by atoms with Gasteiger partial charge in [-0.05, 0) is 37.3 Å². The maximum atomic E-state index is 6.23. The fourth-order valence-electron chi connectivity index (χ4n) is 2.22. The maximum Gasteiger partial charge on any atom is 0.0827 e. The Kier molecular flexibility index (Phi) is 3.62. The second kappa shape index (κ2) is 5.43. The minimum Gasteiger partial charge on any atom is -0.398 e. The highest BCUT2D eigenvalue weighted by Crippen LogP contribution is 2.35. The summed E-state index contributed by atoms with van der Waals surface area (Å²) < 4.78 is 0. The van der Waals surface area contributed by atoms with Crippen LogP contribution in [0.3, 0.4) is 0 Å². The molecule has 3 nitrogen and oxygen atoms in total. The van der Waals surface area contributed by atoms with Gasteiger partial charge in [-0.2, -0.15) is 0 Å². The average molecular weight is 318 g/mol. The molecule has 3 aromatic rings. The van der Waals surface area contributed by atoms with Gasteiger partial charge in [0.15, 0.2) is 0 Å². The third-order valence-corrected chi connectivity index (χ3v) is 4.11. The Morgan fingerprint density at radius 2 is 1.86 bits per heavy atom. The first kappa shape index (κ1) is 14.0. The van der Waals surface area contributed by atoms with Gasteiger partial charge in [-0.1, -0.05) is 29.3 Å². The number of rotatable bonds is 2. The number of nitrogen functional groups attached to an aromatic ring is 1. The summed E-state index contributed by atoms with van der Waals surface area (Å²) in [6.45, 7) is 1.94. The Morgan fingerprint density at radius 1 is 1.05 bits per heavy atom. The summed E-state index contributed by atoms with van der Waals surface area (Å²) in [5.74, 6) is 0.